The zero-order chi connectivity index (χ0) is 39.5. The van der Waals surface area contributed by atoms with Crippen molar-refractivity contribution in [3.63, 3.8) is 0 Å². The number of aliphatic hydroxyl groups excluding tert-OH is 1. The van der Waals surface area contributed by atoms with Crippen molar-refractivity contribution >= 4 is 17.4 Å². The maximum Gasteiger partial charge on any atom is 0.335 e. The highest BCUT2D eigenvalue weighted by Gasteiger charge is 2.69. The summed E-state index contributed by atoms with van der Waals surface area (Å²) in [4.78, 5) is 24.5. The Bertz CT molecular complexity index is 1450. The van der Waals surface area contributed by atoms with E-state index in [1.54, 1.807) is 18.2 Å². The Morgan fingerprint density at radius 3 is 2.04 bits per heavy atom. The lowest BCUT2D eigenvalue weighted by atomic mass is 9.33. The van der Waals surface area contributed by atoms with Crippen molar-refractivity contribution in [1.82, 2.24) is 10.6 Å². The molecule has 0 saturated heterocycles. The van der Waals surface area contributed by atoms with Crippen molar-refractivity contribution in [3.05, 3.63) is 54.1 Å². The third kappa shape index (κ3) is 7.79. The fraction of sp³-hybridized carbons (Fsp3) is 0.609. The molecule has 52 heavy (non-hydrogen) atoms. The van der Waals surface area contributed by atoms with E-state index in [-0.39, 0.29) is 46.3 Å². The van der Waals surface area contributed by atoms with Crippen LogP contribution in [-0.2, 0) is 4.79 Å². The average Bonchev–Trinajstić information content (AvgIpc) is 3.55. The normalized spacial score (nSPS) is 34.4. The Labute approximate surface area is 316 Å². The van der Waals surface area contributed by atoms with Gasteiger partial charge in [-0.25, -0.2) is 4.79 Å². The second kappa shape index (κ2) is 18.3. The zero-order valence-corrected chi connectivity index (χ0v) is 32.8. The highest BCUT2D eigenvalue weighted by atomic mass is 16.4. The minimum absolute atomic E-state index is 0.0122. The van der Waals surface area contributed by atoms with Crippen molar-refractivity contribution in [2.24, 2.45) is 45.3 Å². The van der Waals surface area contributed by atoms with Gasteiger partial charge in [0.2, 0.25) is 5.91 Å². The Hall–Kier alpha value is -3.76. The summed E-state index contributed by atoms with van der Waals surface area (Å²) in [5, 5.41) is 25.2. The number of aromatic carboxylic acids is 1. The van der Waals surface area contributed by atoms with Gasteiger partial charge in [0.15, 0.2) is 0 Å². The quantitative estimate of drug-likeness (QED) is 0.129. The molecule has 0 aliphatic heterocycles. The number of carboxylic acids is 1. The number of allylic oxidation sites excluding steroid dienone is 3. The molecule has 8 atom stereocenters. The molecule has 0 bridgehead atoms. The van der Waals surface area contributed by atoms with Gasteiger partial charge in [0.05, 0.1) is 18.7 Å². The van der Waals surface area contributed by atoms with Crippen LogP contribution in [0.1, 0.15) is 122 Å². The van der Waals surface area contributed by atoms with Crippen molar-refractivity contribution in [1.29, 1.82) is 0 Å². The highest BCUT2D eigenvalue weighted by Crippen LogP contribution is 2.76. The van der Waals surface area contributed by atoms with Crippen LogP contribution in [0.5, 0.6) is 0 Å². The van der Waals surface area contributed by atoms with Crippen LogP contribution >= 0.6 is 0 Å². The minimum atomic E-state index is -0.873. The lowest BCUT2D eigenvalue weighted by molar-refractivity contribution is -0.216. The topological polar surface area (TPSA) is 98.7 Å². The number of carboxylic acid groups (broad SMARTS) is 1. The lowest BCUT2D eigenvalue weighted by Crippen LogP contribution is -2.68. The first kappa shape index (κ1) is 44.4. The number of benzene rings is 1. The van der Waals surface area contributed by atoms with E-state index in [0.717, 1.165) is 19.3 Å². The van der Waals surface area contributed by atoms with E-state index >= 15 is 0 Å². The minimum Gasteiger partial charge on any atom is -0.478 e. The maximum atomic E-state index is 13.0. The van der Waals surface area contributed by atoms with Gasteiger partial charge in [-0.05, 0) is 133 Å². The Morgan fingerprint density at radius 1 is 0.846 bits per heavy atom. The van der Waals surface area contributed by atoms with E-state index in [4.69, 9.17) is 5.11 Å². The number of carbonyl (C=O) groups excluding carboxylic acids is 1. The van der Waals surface area contributed by atoms with Gasteiger partial charge in [0.1, 0.15) is 0 Å². The van der Waals surface area contributed by atoms with Crippen LogP contribution in [0.25, 0.3) is 5.57 Å². The Balaban J connectivity index is 0.000000960. The highest BCUT2D eigenvalue weighted by molar-refractivity contribution is 5.88. The van der Waals surface area contributed by atoms with Crippen molar-refractivity contribution in [2.75, 3.05) is 19.7 Å². The van der Waals surface area contributed by atoms with Crippen molar-refractivity contribution in [2.45, 2.75) is 111 Å². The summed E-state index contributed by atoms with van der Waals surface area (Å²) in [6, 6.07) is 7.53. The van der Waals surface area contributed by atoms with Gasteiger partial charge in [-0.1, -0.05) is 65.3 Å². The molecule has 6 nitrogen and oxygen atoms in total. The van der Waals surface area contributed by atoms with Gasteiger partial charge in [-0.2, -0.15) is 0 Å². The predicted molar refractivity (Wildman–Crippen MR) is 216 cm³/mol. The van der Waals surface area contributed by atoms with E-state index in [1.165, 1.54) is 56.1 Å². The van der Waals surface area contributed by atoms with Crippen LogP contribution in [0.2, 0.25) is 0 Å². The number of hydrogen-bond donors (Lipinski definition) is 4. The second-order valence-electron chi connectivity index (χ2n) is 16.6. The number of aliphatic hydroxyl groups is 1. The summed E-state index contributed by atoms with van der Waals surface area (Å²) in [6.45, 7) is 18.8. The van der Waals surface area contributed by atoms with Crippen molar-refractivity contribution < 1.29 is 19.8 Å². The number of amides is 1. The standard InChI is InChI=1S/C37H54N2O4.C3H6.3C2H2/c1-33(2)26(24-8-10-25(11-9-24)32(42)43)14-17-34(3)29(33)15-18-36(5)30(34)13-12-27-28-7-6-16-37(28,20-19-35(27,36)4)39-31(41)23-38-21-22-40;1-3-2;3*1-2/h8-11,14,27-30,38,40H,6-7,12-13,15-23H2,1-5H3,(H,39,41)(H,42,43);3H,1H2,2H3;3*1-2H/t27-,28?,29?,30?,34+,35-,36-,37+;;;;/m1..../s1. The fourth-order valence-corrected chi connectivity index (χ4v) is 12.3. The van der Waals surface area contributed by atoms with E-state index in [1.807, 2.05) is 19.1 Å². The lowest BCUT2D eigenvalue weighted by Gasteiger charge is -2.72. The number of rotatable bonds is 7. The van der Waals surface area contributed by atoms with E-state index in [9.17, 15) is 14.7 Å². The van der Waals surface area contributed by atoms with Crippen LogP contribution in [0.15, 0.2) is 43.0 Å². The van der Waals surface area contributed by atoms with Crippen LogP contribution in [0.3, 0.4) is 0 Å². The monoisotopic (exact) mass is 711 g/mol. The number of hydrogen-bond acceptors (Lipinski definition) is 4. The molecule has 5 aliphatic rings. The smallest absolute Gasteiger partial charge is 0.335 e. The van der Waals surface area contributed by atoms with E-state index in [0.29, 0.717) is 35.8 Å². The molecular weight excluding hydrogens is 645 g/mol. The largest absolute Gasteiger partial charge is 0.478 e. The molecule has 6 heteroatoms. The second-order valence-corrected chi connectivity index (χ2v) is 16.6. The number of nitrogens with one attached hydrogen (secondary N) is 2. The molecule has 0 heterocycles. The van der Waals surface area contributed by atoms with Gasteiger partial charge in [-0.3, -0.25) is 4.79 Å². The van der Waals surface area contributed by atoms with E-state index in [2.05, 4.69) is 96.4 Å². The van der Waals surface area contributed by atoms with Crippen LogP contribution in [-0.4, -0.2) is 47.3 Å². The molecule has 4 N–H and O–H groups in total. The molecule has 4 saturated carbocycles. The first-order valence-corrected chi connectivity index (χ1v) is 19.0. The summed E-state index contributed by atoms with van der Waals surface area (Å²) in [6.07, 6.45) is 40.2. The zero-order valence-electron chi connectivity index (χ0n) is 32.8. The molecule has 4 fully saturated rings. The van der Waals surface area contributed by atoms with Gasteiger partial charge in [0.25, 0.3) is 0 Å². The fourth-order valence-electron chi connectivity index (χ4n) is 12.3. The summed E-state index contributed by atoms with van der Waals surface area (Å²) < 4.78 is 0. The molecule has 1 aromatic rings. The molecule has 5 aliphatic carbocycles. The molecule has 1 aromatic carbocycles. The summed E-state index contributed by atoms with van der Waals surface area (Å²) in [5.74, 6) is 1.66. The average molecular weight is 711 g/mol. The van der Waals surface area contributed by atoms with Crippen LogP contribution in [0, 0.1) is 83.9 Å². The van der Waals surface area contributed by atoms with Crippen LogP contribution < -0.4 is 10.6 Å². The molecule has 0 radical (unpaired) electrons. The molecule has 284 valence electrons. The summed E-state index contributed by atoms with van der Waals surface area (Å²) in [5.41, 5.74) is 3.61. The first-order valence-electron chi connectivity index (χ1n) is 19.0. The molecule has 3 unspecified atom stereocenters. The number of fused-ring (bicyclic) bond motifs is 7. The third-order valence-corrected chi connectivity index (χ3v) is 14.3. The summed E-state index contributed by atoms with van der Waals surface area (Å²) in [7, 11) is 0. The molecule has 0 spiro atoms. The molecule has 6 rings (SSSR count). The van der Waals surface area contributed by atoms with Crippen LogP contribution in [0.4, 0.5) is 0 Å². The first-order chi connectivity index (χ1) is 24.7. The Morgan fingerprint density at radius 2 is 1.46 bits per heavy atom. The Kier molecular flexibility index (Phi) is 15.6. The third-order valence-electron chi connectivity index (χ3n) is 14.3. The summed E-state index contributed by atoms with van der Waals surface area (Å²) >= 11 is 0. The predicted octanol–water partition coefficient (Wildman–Crippen LogP) is 8.62. The maximum absolute atomic E-state index is 13.0. The molecule has 0 aromatic heterocycles. The van der Waals surface area contributed by atoms with Gasteiger partial charge in [-0.15, -0.1) is 45.1 Å². The molecule has 1 amide bonds. The molecular formula is C46H66N2O4. The van der Waals surface area contributed by atoms with Crippen molar-refractivity contribution in [3.8, 4) is 38.5 Å². The van der Waals surface area contributed by atoms with Gasteiger partial charge in [0, 0.05) is 12.1 Å². The van der Waals surface area contributed by atoms with Gasteiger partial charge >= 0.3 is 5.97 Å². The number of terminal acetylenes is 3. The van der Waals surface area contributed by atoms with E-state index < -0.39 is 5.97 Å². The van der Waals surface area contributed by atoms with Gasteiger partial charge < -0.3 is 20.8 Å². The number of carbonyl (C=O) groups is 2. The SMILES string of the molecule is C#C.C#C.C#C.C=CC.CC1(C)C(c2ccc(C(=O)O)cc2)=CC[C@@]2(C)C1CC[C@]1(C)C2CC[C@@H]2C3CCC[C@]3(NC(=O)CNCCO)CC[C@]21C.